The van der Waals surface area contributed by atoms with Gasteiger partial charge in [-0.15, -0.1) is 0 Å². The zero-order chi connectivity index (χ0) is 19.1. The summed E-state index contributed by atoms with van der Waals surface area (Å²) in [4.78, 5) is 18.0. The number of benzene rings is 1. The number of rotatable bonds is 8. The second-order valence-corrected chi connectivity index (χ2v) is 7.52. The molecule has 1 fully saturated rings. The lowest BCUT2D eigenvalue weighted by molar-refractivity contribution is 0.0792. The zero-order valence-electron chi connectivity index (χ0n) is 15.7. The fraction of sp³-hybridized carbons (Fsp3) is 0.429. The minimum atomic E-state index is -0.00784. The summed E-state index contributed by atoms with van der Waals surface area (Å²) in [6.07, 6.45) is 7.08. The van der Waals surface area contributed by atoms with Gasteiger partial charge in [0.15, 0.2) is 0 Å². The molecule has 5 nitrogen and oxygen atoms in total. The normalized spacial score (nSPS) is 19.2. The van der Waals surface area contributed by atoms with Gasteiger partial charge in [-0.25, -0.2) is 4.98 Å². The van der Waals surface area contributed by atoms with Crippen molar-refractivity contribution in [3.8, 4) is 0 Å². The van der Waals surface area contributed by atoms with Gasteiger partial charge in [-0.2, -0.15) is 0 Å². The predicted molar refractivity (Wildman–Crippen MR) is 109 cm³/mol. The van der Waals surface area contributed by atoms with Crippen molar-refractivity contribution in [1.29, 1.82) is 0 Å². The van der Waals surface area contributed by atoms with Gasteiger partial charge in [0.1, 0.15) is 5.15 Å². The second-order valence-electron chi connectivity index (χ2n) is 7.13. The number of aromatic nitrogens is 1. The van der Waals surface area contributed by atoms with E-state index in [9.17, 15) is 4.79 Å². The Morgan fingerprint density at radius 1 is 1.15 bits per heavy atom. The molecule has 0 saturated carbocycles. The van der Waals surface area contributed by atoms with Gasteiger partial charge in [-0.1, -0.05) is 54.8 Å². The summed E-state index contributed by atoms with van der Waals surface area (Å²) in [5.74, 6) is -0.00784. The van der Waals surface area contributed by atoms with Crippen LogP contribution in [-0.4, -0.2) is 35.4 Å². The molecule has 2 atom stereocenters. The first-order chi connectivity index (χ1) is 13.1. The van der Waals surface area contributed by atoms with Gasteiger partial charge in [-0.3, -0.25) is 15.6 Å². The third kappa shape index (κ3) is 5.76. The molecule has 1 aliphatic rings. The summed E-state index contributed by atoms with van der Waals surface area (Å²) in [6.45, 7) is 0.754. The molecule has 144 valence electrons. The Balaban J connectivity index is 1.31. The minimum Gasteiger partial charge on any atom is -0.342 e. The van der Waals surface area contributed by atoms with Crippen LogP contribution >= 0.6 is 11.6 Å². The number of unbranched alkanes of at least 4 members (excludes halogenated alkanes) is 2. The molecule has 2 N–H and O–H groups in total. The largest absolute Gasteiger partial charge is 0.342 e. The summed E-state index contributed by atoms with van der Waals surface area (Å²) in [6, 6.07) is 14.8. The van der Waals surface area contributed by atoms with E-state index in [4.69, 9.17) is 11.6 Å². The molecule has 1 aromatic heterocycles. The molecule has 1 saturated heterocycles. The van der Waals surface area contributed by atoms with Crippen LogP contribution in [-0.2, 0) is 0 Å². The second kappa shape index (κ2) is 9.83. The first-order valence-corrected chi connectivity index (χ1v) is 9.94. The monoisotopic (exact) mass is 386 g/mol. The van der Waals surface area contributed by atoms with Gasteiger partial charge in [-0.05, 0) is 37.0 Å². The number of pyridine rings is 1. The van der Waals surface area contributed by atoms with Crippen LogP contribution in [0.2, 0.25) is 5.15 Å². The van der Waals surface area contributed by atoms with Crippen LogP contribution in [0.4, 0.5) is 0 Å². The van der Waals surface area contributed by atoms with E-state index in [1.807, 2.05) is 7.05 Å². The summed E-state index contributed by atoms with van der Waals surface area (Å²) < 4.78 is 0. The van der Waals surface area contributed by atoms with Crippen molar-refractivity contribution in [2.75, 3.05) is 13.6 Å². The molecule has 2 unspecified atom stereocenters. The maximum atomic E-state index is 12.3. The molecule has 1 aromatic carbocycles. The Morgan fingerprint density at radius 3 is 2.70 bits per heavy atom. The molecule has 1 aliphatic heterocycles. The van der Waals surface area contributed by atoms with Crippen molar-refractivity contribution >= 4 is 17.5 Å². The summed E-state index contributed by atoms with van der Waals surface area (Å²) in [7, 11) is 1.84. The fourth-order valence-corrected chi connectivity index (χ4v) is 3.57. The number of carbonyl (C=O) groups excluding carboxylic acids is 1. The van der Waals surface area contributed by atoms with Gasteiger partial charge in [0.05, 0.1) is 5.56 Å². The number of halogens is 1. The summed E-state index contributed by atoms with van der Waals surface area (Å²) in [5.41, 5.74) is 8.73. The Kier molecular flexibility index (Phi) is 7.21. The van der Waals surface area contributed by atoms with E-state index in [0.717, 1.165) is 38.6 Å². The SMILES string of the molecule is CN(CCCCCC1CC(c2ccccc2)NN1)C(=O)c1ccc(Cl)nc1. The van der Waals surface area contributed by atoms with E-state index < -0.39 is 0 Å². The lowest BCUT2D eigenvalue weighted by Gasteiger charge is -2.17. The Labute approximate surface area is 166 Å². The first-order valence-electron chi connectivity index (χ1n) is 9.56. The Bertz CT molecular complexity index is 723. The number of carbonyl (C=O) groups is 1. The molecule has 0 bridgehead atoms. The third-order valence-electron chi connectivity index (χ3n) is 5.05. The number of hydrogen-bond donors (Lipinski definition) is 2. The predicted octanol–water partition coefficient (Wildman–Crippen LogP) is 3.98. The van der Waals surface area contributed by atoms with Crippen LogP contribution in [0, 0.1) is 0 Å². The van der Waals surface area contributed by atoms with Crippen molar-refractivity contribution in [3.63, 3.8) is 0 Å². The third-order valence-corrected chi connectivity index (χ3v) is 5.27. The van der Waals surface area contributed by atoms with Gasteiger partial charge >= 0.3 is 0 Å². The van der Waals surface area contributed by atoms with E-state index in [2.05, 4.69) is 46.2 Å². The molecule has 2 aromatic rings. The molecular weight excluding hydrogens is 360 g/mol. The number of hydrogen-bond acceptors (Lipinski definition) is 4. The molecule has 6 heteroatoms. The molecule has 0 radical (unpaired) electrons. The van der Waals surface area contributed by atoms with Gasteiger partial charge in [0, 0.05) is 31.9 Å². The lowest BCUT2D eigenvalue weighted by Crippen LogP contribution is -2.30. The highest BCUT2D eigenvalue weighted by molar-refractivity contribution is 6.29. The maximum absolute atomic E-state index is 12.3. The van der Waals surface area contributed by atoms with Gasteiger partial charge in [0.2, 0.25) is 0 Å². The Hall–Kier alpha value is -1.95. The van der Waals surface area contributed by atoms with Gasteiger partial charge < -0.3 is 4.90 Å². The van der Waals surface area contributed by atoms with Crippen molar-refractivity contribution in [2.45, 2.75) is 44.2 Å². The molecule has 2 heterocycles. The van der Waals surface area contributed by atoms with Crippen LogP contribution in [0.5, 0.6) is 0 Å². The van der Waals surface area contributed by atoms with Crippen LogP contribution in [0.25, 0.3) is 0 Å². The molecule has 0 spiro atoms. The maximum Gasteiger partial charge on any atom is 0.255 e. The zero-order valence-corrected chi connectivity index (χ0v) is 16.5. The summed E-state index contributed by atoms with van der Waals surface area (Å²) in [5, 5.41) is 0.402. The number of nitrogens with one attached hydrogen (secondary N) is 2. The molecule has 0 aliphatic carbocycles. The highest BCUT2D eigenvalue weighted by atomic mass is 35.5. The van der Waals surface area contributed by atoms with Crippen LogP contribution in [0.3, 0.4) is 0 Å². The highest BCUT2D eigenvalue weighted by Gasteiger charge is 2.24. The number of nitrogens with zero attached hydrogens (tertiary/aromatic N) is 2. The molecule has 3 rings (SSSR count). The quantitative estimate of drug-likeness (QED) is 0.532. The topological polar surface area (TPSA) is 57.3 Å². The smallest absolute Gasteiger partial charge is 0.255 e. The average molecular weight is 387 g/mol. The van der Waals surface area contributed by atoms with Crippen LogP contribution < -0.4 is 10.9 Å². The van der Waals surface area contributed by atoms with E-state index >= 15 is 0 Å². The van der Waals surface area contributed by atoms with E-state index in [-0.39, 0.29) is 5.91 Å². The molecule has 27 heavy (non-hydrogen) atoms. The Morgan fingerprint density at radius 2 is 1.96 bits per heavy atom. The number of hydrazine groups is 1. The number of amides is 1. The van der Waals surface area contributed by atoms with Gasteiger partial charge in [0.25, 0.3) is 5.91 Å². The van der Waals surface area contributed by atoms with Crippen molar-refractivity contribution in [1.82, 2.24) is 20.7 Å². The van der Waals surface area contributed by atoms with E-state index in [0.29, 0.717) is 22.8 Å². The standard InChI is InChI=1S/C21H27ClN4O/c1-26(21(27)17-11-12-20(22)23-15-17)13-7-3-6-10-18-14-19(25-24-18)16-8-4-2-5-9-16/h2,4-5,8-9,11-12,15,18-19,24-25H,3,6-7,10,13-14H2,1H3. The molecular formula is C21H27ClN4O. The van der Waals surface area contributed by atoms with Crippen molar-refractivity contribution in [2.24, 2.45) is 0 Å². The average Bonchev–Trinajstić information content (AvgIpc) is 3.17. The minimum absolute atomic E-state index is 0.00784. The first kappa shape index (κ1) is 19.8. The fourth-order valence-electron chi connectivity index (χ4n) is 3.46. The summed E-state index contributed by atoms with van der Waals surface area (Å²) >= 11 is 5.77. The van der Waals surface area contributed by atoms with Crippen LogP contribution in [0.1, 0.15) is 54.1 Å². The lowest BCUT2D eigenvalue weighted by atomic mass is 9.99. The highest BCUT2D eigenvalue weighted by Crippen LogP contribution is 2.24. The van der Waals surface area contributed by atoms with E-state index in [1.54, 1.807) is 17.0 Å². The van der Waals surface area contributed by atoms with E-state index in [1.165, 1.54) is 11.8 Å². The van der Waals surface area contributed by atoms with Crippen LogP contribution in [0.15, 0.2) is 48.7 Å². The van der Waals surface area contributed by atoms with Crippen molar-refractivity contribution < 1.29 is 4.79 Å². The van der Waals surface area contributed by atoms with Crippen molar-refractivity contribution in [3.05, 3.63) is 64.9 Å². The molecule has 1 amide bonds.